The van der Waals surface area contributed by atoms with Gasteiger partial charge in [0.25, 0.3) is 0 Å². The van der Waals surface area contributed by atoms with Crippen LogP contribution in [-0.4, -0.2) is 57.1 Å². The normalized spacial score (nSPS) is 14.4. The van der Waals surface area contributed by atoms with Crippen LogP contribution in [0.1, 0.15) is 61.6 Å². The summed E-state index contributed by atoms with van der Waals surface area (Å²) in [6.07, 6.45) is 7.19. The molecule has 0 aliphatic heterocycles. The number of carbonyl (C=O) groups is 2. The van der Waals surface area contributed by atoms with Gasteiger partial charge < -0.3 is 15.0 Å². The van der Waals surface area contributed by atoms with Crippen molar-refractivity contribution in [2.24, 2.45) is 0 Å². The van der Waals surface area contributed by atoms with Crippen molar-refractivity contribution >= 4 is 27.5 Å². The molecule has 1 atom stereocenters. The van der Waals surface area contributed by atoms with Gasteiger partial charge in [0.1, 0.15) is 11.8 Å². The van der Waals surface area contributed by atoms with Crippen molar-refractivity contribution in [3.8, 4) is 5.75 Å². The van der Waals surface area contributed by atoms with E-state index in [1.54, 1.807) is 36.3 Å². The highest BCUT2D eigenvalue weighted by atomic mass is 32.2. The van der Waals surface area contributed by atoms with Crippen molar-refractivity contribution in [1.29, 1.82) is 0 Å². The zero-order valence-electron chi connectivity index (χ0n) is 26.1. The molecule has 1 fully saturated rings. The van der Waals surface area contributed by atoms with Gasteiger partial charge in [-0.3, -0.25) is 13.9 Å². The molecule has 44 heavy (non-hydrogen) atoms. The Bertz CT molecular complexity index is 1470. The minimum absolute atomic E-state index is 0.0933. The third kappa shape index (κ3) is 9.32. The Kier molecular flexibility index (Phi) is 11.8. The molecule has 0 spiro atoms. The van der Waals surface area contributed by atoms with Gasteiger partial charge in [-0.05, 0) is 67.1 Å². The molecule has 0 saturated heterocycles. The van der Waals surface area contributed by atoms with E-state index in [0.717, 1.165) is 48.6 Å². The molecule has 1 aliphatic carbocycles. The minimum atomic E-state index is -3.59. The van der Waals surface area contributed by atoms with Gasteiger partial charge in [0.2, 0.25) is 21.8 Å². The van der Waals surface area contributed by atoms with Crippen molar-refractivity contribution in [2.45, 2.75) is 76.9 Å². The smallest absolute Gasteiger partial charge is 0.243 e. The topological polar surface area (TPSA) is 96.0 Å². The van der Waals surface area contributed by atoms with Crippen LogP contribution in [0.25, 0.3) is 0 Å². The maximum atomic E-state index is 14.1. The van der Waals surface area contributed by atoms with Gasteiger partial charge in [0.15, 0.2) is 0 Å². The summed E-state index contributed by atoms with van der Waals surface area (Å²) in [5.41, 5.74) is 3.49. The molecule has 9 heteroatoms. The molecule has 1 N–H and O–H groups in total. The Labute approximate surface area is 262 Å². The first kappa shape index (κ1) is 33.1. The number of sulfonamides is 1. The van der Waals surface area contributed by atoms with Crippen LogP contribution < -0.4 is 14.4 Å². The van der Waals surface area contributed by atoms with Gasteiger partial charge >= 0.3 is 0 Å². The highest BCUT2D eigenvalue weighted by molar-refractivity contribution is 7.92. The summed E-state index contributed by atoms with van der Waals surface area (Å²) in [6, 6.07) is 23.9. The zero-order valence-corrected chi connectivity index (χ0v) is 26.9. The van der Waals surface area contributed by atoms with E-state index < -0.39 is 16.1 Å². The van der Waals surface area contributed by atoms with Crippen molar-refractivity contribution in [3.05, 3.63) is 95.6 Å². The first-order valence-corrected chi connectivity index (χ1v) is 17.3. The molecule has 1 aliphatic rings. The van der Waals surface area contributed by atoms with Crippen molar-refractivity contribution in [2.75, 3.05) is 24.2 Å². The number of nitrogens with zero attached hydrogens (tertiary/aromatic N) is 2. The Morgan fingerprint density at radius 3 is 2.23 bits per heavy atom. The average Bonchev–Trinajstić information content (AvgIpc) is 3.02. The zero-order chi connectivity index (χ0) is 31.5. The molecule has 2 amide bonds. The van der Waals surface area contributed by atoms with E-state index >= 15 is 0 Å². The first-order valence-electron chi connectivity index (χ1n) is 15.5. The second-order valence-corrected chi connectivity index (χ2v) is 13.5. The monoisotopic (exact) mass is 619 g/mol. The van der Waals surface area contributed by atoms with Crippen LogP contribution in [0.5, 0.6) is 5.75 Å². The predicted octanol–water partition coefficient (Wildman–Crippen LogP) is 5.64. The van der Waals surface area contributed by atoms with Gasteiger partial charge in [-0.15, -0.1) is 0 Å². The van der Waals surface area contributed by atoms with E-state index in [1.165, 1.54) is 10.7 Å². The van der Waals surface area contributed by atoms with Gasteiger partial charge in [-0.1, -0.05) is 73.9 Å². The molecular formula is C35H45N3O5S. The third-order valence-corrected chi connectivity index (χ3v) is 9.53. The molecule has 0 heterocycles. The summed E-state index contributed by atoms with van der Waals surface area (Å²) in [5.74, 6) is 0.301. The van der Waals surface area contributed by atoms with E-state index in [2.05, 4.69) is 5.32 Å². The quantitative estimate of drug-likeness (QED) is 0.252. The fraction of sp³-hybridized carbons (Fsp3) is 0.429. The number of anilines is 1. The predicted molar refractivity (Wildman–Crippen MR) is 175 cm³/mol. The lowest BCUT2D eigenvalue weighted by Gasteiger charge is -2.34. The van der Waals surface area contributed by atoms with Crippen molar-refractivity contribution in [3.63, 3.8) is 0 Å². The molecule has 236 valence electrons. The van der Waals surface area contributed by atoms with Gasteiger partial charge in [-0.2, -0.15) is 0 Å². The third-order valence-electron chi connectivity index (χ3n) is 8.34. The first-order chi connectivity index (χ1) is 21.2. The van der Waals surface area contributed by atoms with Gasteiger partial charge in [-0.25, -0.2) is 8.42 Å². The molecule has 0 aromatic heterocycles. The number of hydrogen-bond acceptors (Lipinski definition) is 5. The summed E-state index contributed by atoms with van der Waals surface area (Å²) in [4.78, 5) is 29.8. The SMILES string of the molecule is COc1ccc(N(CCCC(=O)N(Cc2ccccc2C)[C@H](Cc2ccccc2)C(=O)NC2CCCCC2)S(C)(=O)=O)cc1. The number of carbonyl (C=O) groups excluding carboxylic acids is 2. The molecule has 0 radical (unpaired) electrons. The van der Waals surface area contributed by atoms with Crippen molar-refractivity contribution < 1.29 is 22.7 Å². The lowest BCUT2D eigenvalue weighted by atomic mass is 9.94. The fourth-order valence-electron chi connectivity index (χ4n) is 5.82. The lowest BCUT2D eigenvalue weighted by Crippen LogP contribution is -2.53. The summed E-state index contributed by atoms with van der Waals surface area (Å²) in [7, 11) is -2.04. The van der Waals surface area contributed by atoms with E-state index in [0.29, 0.717) is 24.3 Å². The Morgan fingerprint density at radius 1 is 0.932 bits per heavy atom. The maximum absolute atomic E-state index is 14.1. The van der Waals surface area contributed by atoms with E-state index in [9.17, 15) is 18.0 Å². The molecule has 8 nitrogen and oxygen atoms in total. The van der Waals surface area contributed by atoms with Gasteiger partial charge in [0, 0.05) is 32.0 Å². The number of benzene rings is 3. The number of hydrogen-bond donors (Lipinski definition) is 1. The highest BCUT2D eigenvalue weighted by Gasteiger charge is 2.32. The Balaban J connectivity index is 1.58. The van der Waals surface area contributed by atoms with Crippen LogP contribution >= 0.6 is 0 Å². The summed E-state index contributed by atoms with van der Waals surface area (Å²) < 4.78 is 31.9. The second kappa shape index (κ2) is 15.7. The standard InChI is InChI=1S/C35H45N3O5S/c1-27-13-10-11-16-29(27)26-37(33(25-28-14-6-4-7-15-28)35(40)36-30-17-8-5-9-18-30)34(39)19-12-24-38(44(3,41)42)31-20-22-32(43-2)23-21-31/h4,6-7,10-11,13-16,20-23,30,33H,5,8-9,12,17-19,24-26H2,1-3H3,(H,36,40)/t33-/m1/s1. The van der Waals surface area contributed by atoms with Gasteiger partial charge in [0.05, 0.1) is 19.1 Å². The molecule has 1 saturated carbocycles. The average molecular weight is 620 g/mol. The second-order valence-electron chi connectivity index (χ2n) is 11.6. The van der Waals surface area contributed by atoms with Crippen LogP contribution in [0, 0.1) is 6.92 Å². The fourth-order valence-corrected chi connectivity index (χ4v) is 6.79. The Hall–Kier alpha value is -3.85. The van der Waals surface area contributed by atoms with Crippen LogP contribution in [0.15, 0.2) is 78.9 Å². The molecule has 0 unspecified atom stereocenters. The molecule has 3 aromatic carbocycles. The number of aryl methyl sites for hydroxylation is 1. The highest BCUT2D eigenvalue weighted by Crippen LogP contribution is 2.24. The molecule has 4 rings (SSSR count). The van der Waals surface area contributed by atoms with E-state index in [-0.39, 0.29) is 37.4 Å². The molecular weight excluding hydrogens is 574 g/mol. The van der Waals surface area contributed by atoms with Crippen LogP contribution in [0.4, 0.5) is 5.69 Å². The maximum Gasteiger partial charge on any atom is 0.243 e. The van der Waals surface area contributed by atoms with E-state index in [1.807, 2.05) is 61.5 Å². The largest absolute Gasteiger partial charge is 0.497 e. The number of ether oxygens (including phenoxy) is 1. The summed E-state index contributed by atoms with van der Waals surface area (Å²) in [5, 5.41) is 3.27. The van der Waals surface area contributed by atoms with Crippen molar-refractivity contribution in [1.82, 2.24) is 10.2 Å². The number of methoxy groups -OCH3 is 1. The Morgan fingerprint density at radius 2 is 1.59 bits per heavy atom. The van der Waals surface area contributed by atoms with Crippen LogP contribution in [0.2, 0.25) is 0 Å². The number of nitrogens with one attached hydrogen (secondary N) is 1. The lowest BCUT2D eigenvalue weighted by molar-refractivity contribution is -0.141. The molecule has 0 bridgehead atoms. The minimum Gasteiger partial charge on any atom is -0.497 e. The van der Waals surface area contributed by atoms with E-state index in [4.69, 9.17) is 4.74 Å². The van der Waals surface area contributed by atoms with Crippen LogP contribution in [-0.2, 0) is 32.6 Å². The number of rotatable bonds is 14. The summed E-state index contributed by atoms with van der Waals surface area (Å²) in [6.45, 7) is 2.42. The van der Waals surface area contributed by atoms with Crippen LogP contribution in [0.3, 0.4) is 0 Å². The summed E-state index contributed by atoms with van der Waals surface area (Å²) >= 11 is 0. The number of amides is 2. The molecule has 3 aromatic rings.